The van der Waals surface area contributed by atoms with E-state index in [1.807, 2.05) is 6.92 Å². The van der Waals surface area contributed by atoms with E-state index >= 15 is 0 Å². The lowest BCUT2D eigenvalue weighted by molar-refractivity contribution is -0.121. The van der Waals surface area contributed by atoms with Crippen LogP contribution in [0, 0.1) is 5.92 Å². The highest BCUT2D eigenvalue weighted by molar-refractivity contribution is 6.22. The molecule has 0 spiro atoms. The molecule has 130 valence electrons. The molecule has 1 saturated heterocycles. The first-order valence-corrected chi connectivity index (χ1v) is 8.96. The highest BCUT2D eigenvalue weighted by Crippen LogP contribution is 2.28. The number of ether oxygens (including phenoxy) is 1. The first-order chi connectivity index (χ1) is 11.6. The number of anilines is 1. The van der Waals surface area contributed by atoms with Crippen LogP contribution < -0.4 is 15.0 Å². The lowest BCUT2D eigenvalue weighted by atomic mass is 9.85. The number of carbonyl (C=O) groups excluding carboxylic acids is 2. The minimum atomic E-state index is -0.394. The normalized spacial score (nSPS) is 27.6. The third-order valence-corrected chi connectivity index (χ3v) is 5.08. The average molecular weight is 330 g/mol. The predicted molar refractivity (Wildman–Crippen MR) is 93.1 cm³/mol. The number of nitrogens with one attached hydrogen (secondary N) is 1. The third kappa shape index (κ3) is 3.46. The van der Waals surface area contributed by atoms with Gasteiger partial charge in [0, 0.05) is 6.04 Å². The molecule has 1 aliphatic heterocycles. The van der Waals surface area contributed by atoms with Gasteiger partial charge in [-0.05, 0) is 49.9 Å². The van der Waals surface area contributed by atoms with Gasteiger partial charge in [-0.3, -0.25) is 9.59 Å². The summed E-state index contributed by atoms with van der Waals surface area (Å²) >= 11 is 0. The van der Waals surface area contributed by atoms with Crippen LogP contribution in [0.5, 0.6) is 5.75 Å². The molecule has 24 heavy (non-hydrogen) atoms. The summed E-state index contributed by atoms with van der Waals surface area (Å²) in [6, 6.07) is 7.07. The second-order valence-corrected chi connectivity index (χ2v) is 6.79. The maximum atomic E-state index is 12.7. The number of hydrogen-bond acceptors (Lipinski definition) is 4. The number of amides is 2. The molecule has 1 aliphatic carbocycles. The van der Waals surface area contributed by atoms with E-state index in [1.165, 1.54) is 24.2 Å². The zero-order valence-corrected chi connectivity index (χ0v) is 14.5. The molecule has 3 rings (SSSR count). The first kappa shape index (κ1) is 17.0. The van der Waals surface area contributed by atoms with Gasteiger partial charge in [-0.25, -0.2) is 4.90 Å². The van der Waals surface area contributed by atoms with Crippen molar-refractivity contribution in [1.29, 1.82) is 0 Å². The minimum Gasteiger partial charge on any atom is -0.494 e. The summed E-state index contributed by atoms with van der Waals surface area (Å²) in [5.41, 5.74) is 0.620. The van der Waals surface area contributed by atoms with Gasteiger partial charge in [0.2, 0.25) is 5.91 Å². The SMILES string of the molecule is CCOc1ccc(N2C(=O)C[C@H](N[C@@H]3CCCC[C@H]3C)C2=O)cc1. The zero-order chi connectivity index (χ0) is 17.1. The Morgan fingerprint density at radius 2 is 1.88 bits per heavy atom. The van der Waals surface area contributed by atoms with Crippen molar-refractivity contribution >= 4 is 17.5 Å². The van der Waals surface area contributed by atoms with Crippen LogP contribution in [0.4, 0.5) is 5.69 Å². The molecular weight excluding hydrogens is 304 g/mol. The highest BCUT2D eigenvalue weighted by Gasteiger charge is 2.41. The first-order valence-electron chi connectivity index (χ1n) is 8.96. The number of benzene rings is 1. The predicted octanol–water partition coefficient (Wildman–Crippen LogP) is 2.89. The van der Waals surface area contributed by atoms with Crippen molar-refractivity contribution in [3.63, 3.8) is 0 Å². The standard InChI is InChI=1S/C19H26N2O3/c1-3-24-15-10-8-14(9-11-15)21-18(22)12-17(19(21)23)20-16-7-5-4-6-13(16)2/h8-11,13,16-17,20H,3-7,12H2,1-2H3/t13-,16-,17+/m1/s1. The molecule has 3 atom stereocenters. The number of nitrogens with zero attached hydrogens (tertiary/aromatic N) is 1. The fourth-order valence-corrected chi connectivity index (χ4v) is 3.71. The maximum Gasteiger partial charge on any atom is 0.251 e. The van der Waals surface area contributed by atoms with Gasteiger partial charge < -0.3 is 10.1 Å². The van der Waals surface area contributed by atoms with E-state index in [4.69, 9.17) is 4.74 Å². The van der Waals surface area contributed by atoms with E-state index in [-0.39, 0.29) is 18.2 Å². The van der Waals surface area contributed by atoms with Crippen LogP contribution in [0.25, 0.3) is 0 Å². The van der Waals surface area contributed by atoms with E-state index < -0.39 is 6.04 Å². The molecule has 0 unspecified atom stereocenters. The molecule has 2 amide bonds. The Morgan fingerprint density at radius 3 is 2.54 bits per heavy atom. The number of hydrogen-bond donors (Lipinski definition) is 1. The van der Waals surface area contributed by atoms with Gasteiger partial charge in [0.15, 0.2) is 0 Å². The van der Waals surface area contributed by atoms with Gasteiger partial charge in [-0.1, -0.05) is 19.8 Å². The summed E-state index contributed by atoms with van der Waals surface area (Å²) in [6.45, 7) is 4.73. The van der Waals surface area contributed by atoms with E-state index in [2.05, 4.69) is 12.2 Å². The van der Waals surface area contributed by atoms with Crippen LogP contribution in [-0.4, -0.2) is 30.5 Å². The fraction of sp³-hybridized carbons (Fsp3) is 0.579. The summed E-state index contributed by atoms with van der Waals surface area (Å²) < 4.78 is 5.41. The Bertz CT molecular complexity index is 599. The van der Waals surface area contributed by atoms with E-state index in [1.54, 1.807) is 24.3 Å². The molecule has 0 radical (unpaired) electrons. The van der Waals surface area contributed by atoms with Crippen molar-refractivity contribution in [2.24, 2.45) is 5.92 Å². The number of carbonyl (C=O) groups is 2. The van der Waals surface area contributed by atoms with Gasteiger partial charge in [0.05, 0.1) is 24.8 Å². The fourth-order valence-electron chi connectivity index (χ4n) is 3.71. The molecule has 1 aromatic rings. The van der Waals surface area contributed by atoms with Crippen LogP contribution in [0.2, 0.25) is 0 Å². The monoisotopic (exact) mass is 330 g/mol. The molecule has 2 aliphatic rings. The minimum absolute atomic E-state index is 0.134. The number of imide groups is 1. The number of rotatable bonds is 5. The van der Waals surface area contributed by atoms with Crippen molar-refractivity contribution in [3.05, 3.63) is 24.3 Å². The third-order valence-electron chi connectivity index (χ3n) is 5.08. The van der Waals surface area contributed by atoms with Crippen LogP contribution in [0.1, 0.15) is 46.0 Å². The van der Waals surface area contributed by atoms with Crippen LogP contribution in [0.15, 0.2) is 24.3 Å². The molecule has 1 saturated carbocycles. The molecule has 0 bridgehead atoms. The highest BCUT2D eigenvalue weighted by atomic mass is 16.5. The summed E-state index contributed by atoms with van der Waals surface area (Å²) in [7, 11) is 0. The van der Waals surface area contributed by atoms with Gasteiger partial charge >= 0.3 is 0 Å². The summed E-state index contributed by atoms with van der Waals surface area (Å²) in [4.78, 5) is 26.4. The Hall–Kier alpha value is -1.88. The summed E-state index contributed by atoms with van der Waals surface area (Å²) in [5, 5.41) is 3.44. The smallest absolute Gasteiger partial charge is 0.251 e. The van der Waals surface area contributed by atoms with Crippen LogP contribution in [0.3, 0.4) is 0 Å². The van der Waals surface area contributed by atoms with Crippen molar-refractivity contribution in [2.75, 3.05) is 11.5 Å². The summed E-state index contributed by atoms with van der Waals surface area (Å²) in [6.07, 6.45) is 4.97. The second kappa shape index (κ2) is 7.34. The largest absolute Gasteiger partial charge is 0.494 e. The van der Waals surface area contributed by atoms with Gasteiger partial charge in [-0.2, -0.15) is 0 Å². The molecule has 1 N–H and O–H groups in total. The topological polar surface area (TPSA) is 58.6 Å². The Labute approximate surface area is 143 Å². The zero-order valence-electron chi connectivity index (χ0n) is 14.5. The lowest BCUT2D eigenvalue weighted by Crippen LogP contribution is -2.47. The molecule has 1 heterocycles. The van der Waals surface area contributed by atoms with Crippen molar-refractivity contribution in [2.45, 2.75) is 58.0 Å². The quantitative estimate of drug-likeness (QED) is 0.844. The Morgan fingerprint density at radius 1 is 1.17 bits per heavy atom. The van der Waals surface area contributed by atoms with Crippen molar-refractivity contribution in [3.8, 4) is 5.75 Å². The Balaban J connectivity index is 1.69. The average Bonchev–Trinajstić information content (AvgIpc) is 2.85. The summed E-state index contributed by atoms with van der Waals surface area (Å²) in [5.74, 6) is 1.03. The van der Waals surface area contributed by atoms with Gasteiger partial charge in [0.25, 0.3) is 5.91 Å². The van der Waals surface area contributed by atoms with E-state index in [9.17, 15) is 9.59 Å². The Kier molecular flexibility index (Phi) is 5.19. The van der Waals surface area contributed by atoms with Gasteiger partial charge in [-0.15, -0.1) is 0 Å². The molecule has 5 heteroatoms. The molecular formula is C19H26N2O3. The molecule has 0 aromatic heterocycles. The maximum absolute atomic E-state index is 12.7. The van der Waals surface area contributed by atoms with Gasteiger partial charge in [0.1, 0.15) is 5.75 Å². The van der Waals surface area contributed by atoms with Crippen molar-refractivity contribution < 1.29 is 14.3 Å². The molecule has 5 nitrogen and oxygen atoms in total. The molecule has 1 aromatic carbocycles. The van der Waals surface area contributed by atoms with Crippen LogP contribution >= 0.6 is 0 Å². The lowest BCUT2D eigenvalue weighted by Gasteiger charge is -2.31. The van der Waals surface area contributed by atoms with E-state index in [0.717, 1.165) is 12.2 Å². The second-order valence-electron chi connectivity index (χ2n) is 6.79. The van der Waals surface area contributed by atoms with E-state index in [0.29, 0.717) is 24.3 Å². The van der Waals surface area contributed by atoms with Crippen molar-refractivity contribution in [1.82, 2.24) is 5.32 Å². The molecule has 2 fully saturated rings. The van der Waals surface area contributed by atoms with Crippen LogP contribution in [-0.2, 0) is 9.59 Å².